The molecule has 90 valence electrons. The van der Waals surface area contributed by atoms with Crippen LogP contribution in [0.4, 0.5) is 0 Å². The smallest absolute Gasteiger partial charge is 0.0578 e. The van der Waals surface area contributed by atoms with E-state index in [2.05, 4.69) is 13.8 Å². The van der Waals surface area contributed by atoms with Crippen LogP contribution >= 0.6 is 0 Å². The van der Waals surface area contributed by atoms with Crippen molar-refractivity contribution in [2.24, 2.45) is 17.3 Å². The third-order valence-electron chi connectivity index (χ3n) is 3.69. The average molecular weight is 214 g/mol. The number of hydrogen-bond acceptors (Lipinski definition) is 2. The van der Waals surface area contributed by atoms with E-state index >= 15 is 0 Å². The van der Waals surface area contributed by atoms with Gasteiger partial charge in [-0.3, -0.25) is 0 Å². The van der Waals surface area contributed by atoms with Gasteiger partial charge < -0.3 is 9.84 Å². The number of rotatable bonds is 4. The van der Waals surface area contributed by atoms with E-state index in [4.69, 9.17) is 9.84 Å². The second-order valence-electron chi connectivity index (χ2n) is 6.02. The zero-order valence-corrected chi connectivity index (χ0v) is 10.6. The summed E-state index contributed by atoms with van der Waals surface area (Å²) in [4.78, 5) is 0. The van der Waals surface area contributed by atoms with Gasteiger partial charge in [-0.2, -0.15) is 0 Å². The lowest BCUT2D eigenvalue weighted by Gasteiger charge is -2.34. The predicted molar refractivity (Wildman–Crippen MR) is 62.8 cm³/mol. The van der Waals surface area contributed by atoms with E-state index in [0.717, 1.165) is 11.8 Å². The van der Waals surface area contributed by atoms with Crippen molar-refractivity contribution in [3.05, 3.63) is 0 Å². The summed E-state index contributed by atoms with van der Waals surface area (Å²) >= 11 is 0. The third kappa shape index (κ3) is 4.12. The lowest BCUT2D eigenvalue weighted by atomic mass is 9.80. The average Bonchev–Trinajstić information content (AvgIpc) is 2.20. The maximum Gasteiger partial charge on any atom is 0.0578 e. The second-order valence-corrected chi connectivity index (χ2v) is 6.02. The Hall–Kier alpha value is -0.0800. The van der Waals surface area contributed by atoms with Crippen LogP contribution in [0.5, 0.6) is 0 Å². The highest BCUT2D eigenvalue weighted by molar-refractivity contribution is 4.76. The largest absolute Gasteiger partial charge is 0.396 e. The Morgan fingerprint density at radius 2 is 1.87 bits per heavy atom. The molecule has 0 bridgehead atoms. The molecule has 2 nitrogen and oxygen atoms in total. The van der Waals surface area contributed by atoms with Gasteiger partial charge in [0, 0.05) is 5.41 Å². The van der Waals surface area contributed by atoms with Gasteiger partial charge in [-0.25, -0.2) is 0 Å². The van der Waals surface area contributed by atoms with E-state index in [9.17, 15) is 0 Å². The standard InChI is InChI=1S/C13H26O2/c1-10-5-6-12(7-11(10)2)15-9-13(3,4)8-14/h10-12,14H,5-9H2,1-4H3. The summed E-state index contributed by atoms with van der Waals surface area (Å²) in [5.74, 6) is 1.62. The number of ether oxygens (including phenoxy) is 1. The van der Waals surface area contributed by atoms with Crippen LogP contribution in [0.2, 0.25) is 0 Å². The highest BCUT2D eigenvalue weighted by Crippen LogP contribution is 2.31. The molecule has 3 unspecified atom stereocenters. The molecule has 0 radical (unpaired) electrons. The molecule has 15 heavy (non-hydrogen) atoms. The van der Waals surface area contributed by atoms with E-state index in [1.54, 1.807) is 0 Å². The third-order valence-corrected chi connectivity index (χ3v) is 3.69. The predicted octanol–water partition coefficient (Wildman–Crippen LogP) is 2.85. The Labute approximate surface area is 94.0 Å². The molecule has 0 heterocycles. The first-order chi connectivity index (χ1) is 6.94. The molecule has 1 N–H and O–H groups in total. The fourth-order valence-corrected chi connectivity index (χ4v) is 2.04. The SMILES string of the molecule is CC1CCC(OCC(C)(C)CO)CC1C. The molecule has 0 spiro atoms. The normalized spacial score (nSPS) is 33.0. The van der Waals surface area contributed by atoms with E-state index in [1.165, 1.54) is 19.3 Å². The van der Waals surface area contributed by atoms with Crippen LogP contribution in [0, 0.1) is 17.3 Å². The van der Waals surface area contributed by atoms with Gasteiger partial charge in [0.15, 0.2) is 0 Å². The first kappa shape index (κ1) is 13.0. The molecule has 0 amide bonds. The van der Waals surface area contributed by atoms with Gasteiger partial charge in [0.2, 0.25) is 0 Å². The van der Waals surface area contributed by atoms with Gasteiger partial charge in [-0.15, -0.1) is 0 Å². The molecular weight excluding hydrogens is 188 g/mol. The molecule has 1 aliphatic carbocycles. The van der Waals surface area contributed by atoms with E-state index in [-0.39, 0.29) is 12.0 Å². The summed E-state index contributed by atoms with van der Waals surface area (Å²) in [5.41, 5.74) is -0.0910. The molecule has 0 aromatic carbocycles. The lowest BCUT2D eigenvalue weighted by Crippen LogP contribution is -2.31. The van der Waals surface area contributed by atoms with Gasteiger partial charge in [0.1, 0.15) is 0 Å². The zero-order valence-electron chi connectivity index (χ0n) is 10.6. The molecule has 0 saturated heterocycles. The van der Waals surface area contributed by atoms with Crippen LogP contribution in [-0.4, -0.2) is 24.4 Å². The quantitative estimate of drug-likeness (QED) is 0.779. The Balaban J connectivity index is 2.28. The van der Waals surface area contributed by atoms with Crippen LogP contribution in [0.1, 0.15) is 47.0 Å². The molecule has 1 rings (SSSR count). The van der Waals surface area contributed by atoms with Crippen LogP contribution in [0.15, 0.2) is 0 Å². The Morgan fingerprint density at radius 1 is 1.20 bits per heavy atom. The summed E-state index contributed by atoms with van der Waals surface area (Å²) in [6.45, 7) is 9.61. The summed E-state index contributed by atoms with van der Waals surface area (Å²) in [6.07, 6.45) is 4.07. The minimum Gasteiger partial charge on any atom is -0.396 e. The summed E-state index contributed by atoms with van der Waals surface area (Å²) in [7, 11) is 0. The molecule has 0 aliphatic heterocycles. The molecule has 3 atom stereocenters. The number of hydrogen-bond donors (Lipinski definition) is 1. The number of aliphatic hydroxyl groups is 1. The van der Waals surface area contributed by atoms with Crippen molar-refractivity contribution >= 4 is 0 Å². The molecule has 0 aromatic rings. The van der Waals surface area contributed by atoms with Crippen molar-refractivity contribution in [1.29, 1.82) is 0 Å². The van der Waals surface area contributed by atoms with Crippen LogP contribution in [0.3, 0.4) is 0 Å². The van der Waals surface area contributed by atoms with Gasteiger partial charge in [0.05, 0.1) is 19.3 Å². The maximum absolute atomic E-state index is 9.14. The molecule has 1 fully saturated rings. The first-order valence-electron chi connectivity index (χ1n) is 6.17. The Kier molecular flexibility index (Phi) is 4.60. The van der Waals surface area contributed by atoms with Crippen LogP contribution < -0.4 is 0 Å². The minimum atomic E-state index is -0.0910. The molecule has 0 aromatic heterocycles. The second kappa shape index (κ2) is 5.31. The van der Waals surface area contributed by atoms with E-state index in [0.29, 0.717) is 12.7 Å². The van der Waals surface area contributed by atoms with Crippen molar-refractivity contribution in [3.8, 4) is 0 Å². The molecule has 1 saturated carbocycles. The summed E-state index contributed by atoms with van der Waals surface area (Å²) < 4.78 is 5.90. The zero-order chi connectivity index (χ0) is 11.5. The fraction of sp³-hybridized carbons (Fsp3) is 1.00. The fourth-order valence-electron chi connectivity index (χ4n) is 2.04. The van der Waals surface area contributed by atoms with Gasteiger partial charge in [-0.1, -0.05) is 27.7 Å². The molecular formula is C13H26O2. The summed E-state index contributed by atoms with van der Waals surface area (Å²) in [5, 5.41) is 9.14. The highest BCUT2D eigenvalue weighted by atomic mass is 16.5. The molecule has 2 heteroatoms. The Bertz CT molecular complexity index is 189. The monoisotopic (exact) mass is 214 g/mol. The van der Waals surface area contributed by atoms with Crippen LogP contribution in [-0.2, 0) is 4.74 Å². The molecule has 1 aliphatic rings. The topological polar surface area (TPSA) is 29.5 Å². The van der Waals surface area contributed by atoms with Crippen molar-refractivity contribution in [1.82, 2.24) is 0 Å². The van der Waals surface area contributed by atoms with E-state index < -0.39 is 0 Å². The first-order valence-corrected chi connectivity index (χ1v) is 6.17. The van der Waals surface area contributed by atoms with Gasteiger partial charge in [-0.05, 0) is 31.1 Å². The minimum absolute atomic E-state index is 0.0910. The van der Waals surface area contributed by atoms with Gasteiger partial charge >= 0.3 is 0 Å². The van der Waals surface area contributed by atoms with Gasteiger partial charge in [0.25, 0.3) is 0 Å². The number of aliphatic hydroxyl groups excluding tert-OH is 1. The maximum atomic E-state index is 9.14. The van der Waals surface area contributed by atoms with Crippen molar-refractivity contribution < 1.29 is 9.84 Å². The van der Waals surface area contributed by atoms with Crippen molar-refractivity contribution in [2.45, 2.75) is 53.1 Å². The van der Waals surface area contributed by atoms with Crippen molar-refractivity contribution in [3.63, 3.8) is 0 Å². The van der Waals surface area contributed by atoms with Crippen LogP contribution in [0.25, 0.3) is 0 Å². The van der Waals surface area contributed by atoms with E-state index in [1.807, 2.05) is 13.8 Å². The van der Waals surface area contributed by atoms with Crippen molar-refractivity contribution in [2.75, 3.05) is 13.2 Å². The Morgan fingerprint density at radius 3 is 2.40 bits per heavy atom. The lowest BCUT2D eigenvalue weighted by molar-refractivity contribution is -0.0456. The highest BCUT2D eigenvalue weighted by Gasteiger charge is 2.27. The summed E-state index contributed by atoms with van der Waals surface area (Å²) in [6, 6.07) is 0.